The predicted molar refractivity (Wildman–Crippen MR) is 89.1 cm³/mol. The number of nitrogens with zero attached hydrogens (tertiary/aromatic N) is 3. The van der Waals surface area contributed by atoms with Gasteiger partial charge in [-0.15, -0.1) is 4.40 Å². The maximum absolute atomic E-state index is 12.2. The van der Waals surface area contributed by atoms with Gasteiger partial charge in [0.05, 0.1) is 0 Å². The van der Waals surface area contributed by atoms with Crippen LogP contribution in [0.3, 0.4) is 0 Å². The summed E-state index contributed by atoms with van der Waals surface area (Å²) in [5.74, 6) is 0.595. The fraction of sp³-hybridized carbons (Fsp3) is 0.562. The molecule has 1 fully saturated rings. The Bertz CT molecular complexity index is 694. The van der Waals surface area contributed by atoms with E-state index in [0.717, 1.165) is 44.5 Å². The number of benzene rings is 1. The van der Waals surface area contributed by atoms with E-state index in [1.807, 2.05) is 12.1 Å². The molecular weight excluding hydrogens is 314 g/mol. The molecule has 2 heterocycles. The number of aliphatic hydroxyl groups excluding tert-OH is 1. The molecule has 3 rings (SSSR count). The summed E-state index contributed by atoms with van der Waals surface area (Å²) >= 11 is 0. The third-order valence-corrected chi connectivity index (χ3v) is 5.99. The van der Waals surface area contributed by atoms with E-state index in [1.165, 1.54) is 0 Å². The molecule has 0 aliphatic carbocycles. The van der Waals surface area contributed by atoms with Crippen LogP contribution in [0.5, 0.6) is 0 Å². The van der Waals surface area contributed by atoms with Crippen LogP contribution in [0.4, 0.5) is 0 Å². The topological polar surface area (TPSA) is 73.2 Å². The summed E-state index contributed by atoms with van der Waals surface area (Å²) in [4.78, 5) is 4.69. The Morgan fingerprint density at radius 1 is 1.30 bits per heavy atom. The molecule has 2 aliphatic heterocycles. The highest BCUT2D eigenvalue weighted by atomic mass is 32.2. The van der Waals surface area contributed by atoms with Crippen molar-refractivity contribution in [3.63, 3.8) is 0 Å². The van der Waals surface area contributed by atoms with Crippen LogP contribution in [-0.4, -0.2) is 68.5 Å². The molecule has 0 saturated carbocycles. The highest BCUT2D eigenvalue weighted by Gasteiger charge is 2.33. The number of piperidine rings is 1. The zero-order valence-corrected chi connectivity index (χ0v) is 14.2. The molecule has 2 aliphatic rings. The summed E-state index contributed by atoms with van der Waals surface area (Å²) in [6.45, 7) is 2.71. The number of rotatable bonds is 4. The summed E-state index contributed by atoms with van der Waals surface area (Å²) in [6, 6.07) is 7.52. The Kier molecular flexibility index (Phi) is 4.70. The predicted octanol–water partition coefficient (Wildman–Crippen LogP) is 0.914. The van der Waals surface area contributed by atoms with Crippen molar-refractivity contribution in [2.75, 3.05) is 33.3 Å². The summed E-state index contributed by atoms with van der Waals surface area (Å²) in [5.41, 5.74) is 0.722. The van der Waals surface area contributed by atoms with E-state index in [9.17, 15) is 8.42 Å². The minimum atomic E-state index is -3.54. The highest BCUT2D eigenvalue weighted by molar-refractivity contribution is 7.90. The molecule has 0 amide bonds. The summed E-state index contributed by atoms with van der Waals surface area (Å²) in [7, 11) is -1.45. The summed E-state index contributed by atoms with van der Waals surface area (Å²) in [5, 5.41) is 8.93. The van der Waals surface area contributed by atoms with Gasteiger partial charge < -0.3 is 14.9 Å². The normalized spacial score (nSPS) is 20.7. The number of sulfonamides is 1. The van der Waals surface area contributed by atoms with Gasteiger partial charge in [-0.2, -0.15) is 8.42 Å². The zero-order chi connectivity index (χ0) is 16.4. The van der Waals surface area contributed by atoms with E-state index in [-0.39, 0.29) is 6.61 Å². The van der Waals surface area contributed by atoms with Crippen molar-refractivity contribution in [1.82, 2.24) is 9.80 Å². The molecule has 126 valence electrons. The molecule has 1 aromatic carbocycles. The molecule has 0 unspecified atom stereocenters. The van der Waals surface area contributed by atoms with E-state index in [2.05, 4.69) is 21.2 Å². The van der Waals surface area contributed by atoms with Gasteiger partial charge in [-0.25, -0.2) is 0 Å². The van der Waals surface area contributed by atoms with E-state index in [0.29, 0.717) is 16.8 Å². The van der Waals surface area contributed by atoms with Crippen LogP contribution in [0.1, 0.15) is 24.8 Å². The van der Waals surface area contributed by atoms with Crippen LogP contribution in [0.15, 0.2) is 33.6 Å². The molecule has 7 heteroatoms. The minimum Gasteiger partial charge on any atom is -0.396 e. The van der Waals surface area contributed by atoms with Gasteiger partial charge in [-0.1, -0.05) is 12.1 Å². The Balaban J connectivity index is 1.69. The zero-order valence-electron chi connectivity index (χ0n) is 13.4. The lowest BCUT2D eigenvalue weighted by atomic mass is 10.0. The van der Waals surface area contributed by atoms with Crippen molar-refractivity contribution in [2.45, 2.75) is 30.2 Å². The number of amidine groups is 1. The number of likely N-dealkylation sites (tertiary alicyclic amines) is 1. The van der Waals surface area contributed by atoms with E-state index in [1.54, 1.807) is 12.1 Å². The summed E-state index contributed by atoms with van der Waals surface area (Å²) in [6.07, 6.45) is 2.74. The first-order chi connectivity index (χ1) is 11.0. The monoisotopic (exact) mass is 337 g/mol. The van der Waals surface area contributed by atoms with E-state index < -0.39 is 10.0 Å². The average molecular weight is 337 g/mol. The first kappa shape index (κ1) is 16.4. The molecule has 0 bridgehead atoms. The minimum absolute atomic E-state index is 0.217. The van der Waals surface area contributed by atoms with Gasteiger partial charge in [0.1, 0.15) is 4.90 Å². The van der Waals surface area contributed by atoms with Crippen molar-refractivity contribution in [3.05, 3.63) is 29.8 Å². The molecule has 1 aromatic rings. The summed E-state index contributed by atoms with van der Waals surface area (Å²) < 4.78 is 28.3. The first-order valence-corrected chi connectivity index (χ1v) is 9.47. The Labute approximate surface area is 137 Å². The fourth-order valence-electron chi connectivity index (χ4n) is 3.34. The molecule has 0 aromatic heterocycles. The van der Waals surface area contributed by atoms with Crippen molar-refractivity contribution in [2.24, 2.45) is 4.40 Å². The number of aliphatic hydroxyl groups is 1. The second-order valence-corrected chi connectivity index (χ2v) is 7.73. The molecule has 1 N–H and O–H groups in total. The maximum atomic E-state index is 12.2. The lowest BCUT2D eigenvalue weighted by Crippen LogP contribution is -2.45. The Hall–Kier alpha value is -1.44. The quantitative estimate of drug-likeness (QED) is 0.884. The number of fused-ring (bicyclic) bond motifs is 1. The second-order valence-electron chi connectivity index (χ2n) is 6.16. The van der Waals surface area contributed by atoms with E-state index in [4.69, 9.17) is 5.11 Å². The van der Waals surface area contributed by atoms with Crippen molar-refractivity contribution < 1.29 is 13.5 Å². The first-order valence-electron chi connectivity index (χ1n) is 8.03. The van der Waals surface area contributed by atoms with Crippen LogP contribution >= 0.6 is 0 Å². The molecule has 1 saturated heterocycles. The van der Waals surface area contributed by atoms with Crippen molar-refractivity contribution in [1.29, 1.82) is 0 Å². The van der Waals surface area contributed by atoms with Gasteiger partial charge in [0.25, 0.3) is 10.0 Å². The largest absolute Gasteiger partial charge is 0.396 e. The average Bonchev–Trinajstić information content (AvgIpc) is 2.85. The third-order valence-electron chi connectivity index (χ3n) is 4.67. The maximum Gasteiger partial charge on any atom is 0.285 e. The Morgan fingerprint density at radius 3 is 2.70 bits per heavy atom. The SMILES string of the molecule is CN(CCCO)C1CCN(C2=NS(=O)(=O)c3ccccc32)CC1. The van der Waals surface area contributed by atoms with Gasteiger partial charge in [-0.05, 0) is 38.4 Å². The van der Waals surface area contributed by atoms with E-state index >= 15 is 0 Å². The number of hydrogen-bond acceptors (Lipinski definition) is 5. The van der Waals surface area contributed by atoms with Gasteiger partial charge in [0.2, 0.25) is 0 Å². The molecule has 6 nitrogen and oxygen atoms in total. The highest BCUT2D eigenvalue weighted by Crippen LogP contribution is 2.29. The number of hydrogen-bond donors (Lipinski definition) is 1. The van der Waals surface area contributed by atoms with Crippen molar-refractivity contribution in [3.8, 4) is 0 Å². The molecule has 0 spiro atoms. The van der Waals surface area contributed by atoms with Crippen LogP contribution in [0, 0.1) is 0 Å². The van der Waals surface area contributed by atoms with Gasteiger partial charge in [0, 0.05) is 37.8 Å². The van der Waals surface area contributed by atoms with Crippen LogP contribution in [-0.2, 0) is 10.0 Å². The van der Waals surface area contributed by atoms with Crippen LogP contribution < -0.4 is 0 Å². The smallest absolute Gasteiger partial charge is 0.285 e. The fourth-order valence-corrected chi connectivity index (χ4v) is 4.57. The van der Waals surface area contributed by atoms with Crippen LogP contribution in [0.2, 0.25) is 0 Å². The Morgan fingerprint density at radius 2 is 2.00 bits per heavy atom. The lowest BCUT2D eigenvalue weighted by Gasteiger charge is -2.37. The van der Waals surface area contributed by atoms with Gasteiger partial charge in [0.15, 0.2) is 5.84 Å². The van der Waals surface area contributed by atoms with Crippen LogP contribution in [0.25, 0.3) is 0 Å². The van der Waals surface area contributed by atoms with Gasteiger partial charge in [-0.3, -0.25) is 0 Å². The lowest BCUT2D eigenvalue weighted by molar-refractivity contribution is 0.152. The molecule has 0 atom stereocenters. The second kappa shape index (κ2) is 6.59. The molecule has 0 radical (unpaired) electrons. The molecule has 23 heavy (non-hydrogen) atoms. The third kappa shape index (κ3) is 3.27. The standard InChI is InChI=1S/C16H23N3O3S/c1-18(9-4-12-20)13-7-10-19(11-8-13)16-14-5-2-3-6-15(14)23(21,22)17-16/h2-3,5-6,13,20H,4,7-12H2,1H3. The van der Waals surface area contributed by atoms with Crippen molar-refractivity contribution >= 4 is 15.9 Å². The molecular formula is C16H23N3O3S. The van der Waals surface area contributed by atoms with Gasteiger partial charge >= 0.3 is 0 Å².